The van der Waals surface area contributed by atoms with Crippen LogP contribution >= 0.6 is 0 Å². The molecule has 71 heavy (non-hydrogen) atoms. The largest absolute Gasteiger partial charge is 0.492 e. The van der Waals surface area contributed by atoms with Crippen molar-refractivity contribution in [1.82, 2.24) is 0 Å². The maximum Gasteiger partial charge on any atom is 0.386 e. The zero-order valence-corrected chi connectivity index (χ0v) is 43.0. The Morgan fingerprint density at radius 1 is 0.676 bits per heavy atom. The first-order chi connectivity index (χ1) is 33.4. The van der Waals surface area contributed by atoms with E-state index < -0.39 is 12.1 Å². The number of rotatable bonds is 11. The molecule has 0 aromatic heterocycles. The molecular weight excluding hydrogens is 906 g/mol. The standard InChI is InChI=1S/C34H54N2O2.C13H12N2O2.C8H12N2O.C2H3F3/c1-21(2)7-6-8-22(3)29-11-12-30-28-10-9-24-19-27(38-32(37)23-17-25(35)20-26(36)18-23)13-15-33(24,4)31(28)14-16-34(29,30)5;14-10-6-9(7-11(15)8-10)13(16)17-12-4-2-1-3-5-12;1-2-11-8-4-3-6(9)5-7(8)10;1-2(3,4)5/h17-18,20-22,24,27-31H,6-16,19,35-36H2,1-5H3;1-8H,14-15H2;3-5H,2,9-10H2,1H3;1H3. The van der Waals surface area contributed by atoms with Gasteiger partial charge in [0, 0.05) is 35.4 Å². The van der Waals surface area contributed by atoms with Gasteiger partial charge in [-0.25, -0.2) is 9.59 Å². The van der Waals surface area contributed by atoms with Crippen molar-refractivity contribution in [3.63, 3.8) is 0 Å². The summed E-state index contributed by atoms with van der Waals surface area (Å²) in [6.07, 6.45) is 11.8. The fourth-order valence-electron chi connectivity index (χ4n) is 12.7. The highest BCUT2D eigenvalue weighted by molar-refractivity contribution is 5.93. The number of ether oxygens (including phenoxy) is 3. The molecule has 0 amide bonds. The van der Waals surface area contributed by atoms with Crippen LogP contribution in [0.3, 0.4) is 0 Å². The third-order valence-corrected chi connectivity index (χ3v) is 15.8. The fraction of sp³-hybridized carbons (Fsp3) is 0.544. The van der Waals surface area contributed by atoms with Crippen LogP contribution in [0.1, 0.15) is 146 Å². The van der Waals surface area contributed by atoms with Crippen LogP contribution in [0, 0.1) is 52.3 Å². The van der Waals surface area contributed by atoms with Crippen molar-refractivity contribution in [2.24, 2.45) is 52.3 Å². The number of nitrogen functional groups attached to an aromatic ring is 6. The molecule has 0 radical (unpaired) electrons. The van der Waals surface area contributed by atoms with Gasteiger partial charge >= 0.3 is 18.1 Å². The Morgan fingerprint density at radius 3 is 1.80 bits per heavy atom. The molecule has 14 heteroatoms. The van der Waals surface area contributed by atoms with Crippen molar-refractivity contribution in [3.8, 4) is 11.5 Å². The van der Waals surface area contributed by atoms with Gasteiger partial charge in [0.05, 0.1) is 23.4 Å². The number of fused-ring (bicyclic) bond motifs is 5. The zero-order chi connectivity index (χ0) is 52.3. The number of esters is 2. The molecule has 11 nitrogen and oxygen atoms in total. The van der Waals surface area contributed by atoms with Crippen LogP contribution < -0.4 is 43.9 Å². The summed E-state index contributed by atoms with van der Waals surface area (Å²) in [6.45, 7) is 15.3. The van der Waals surface area contributed by atoms with Gasteiger partial charge in [-0.2, -0.15) is 13.2 Å². The summed E-state index contributed by atoms with van der Waals surface area (Å²) >= 11 is 0. The smallest absolute Gasteiger partial charge is 0.386 e. The molecule has 4 aliphatic rings. The number of para-hydroxylation sites is 1. The quantitative estimate of drug-likeness (QED) is 0.0472. The molecule has 12 N–H and O–H groups in total. The molecule has 0 spiro atoms. The number of alkyl halides is 3. The summed E-state index contributed by atoms with van der Waals surface area (Å²) in [5, 5.41) is 0. The first-order valence-corrected chi connectivity index (χ1v) is 25.5. The molecule has 4 saturated carbocycles. The van der Waals surface area contributed by atoms with Crippen molar-refractivity contribution in [2.45, 2.75) is 138 Å². The summed E-state index contributed by atoms with van der Waals surface area (Å²) in [6, 6.07) is 23.7. The van der Waals surface area contributed by atoms with Crippen molar-refractivity contribution >= 4 is 46.1 Å². The van der Waals surface area contributed by atoms with E-state index in [9.17, 15) is 22.8 Å². The first-order valence-electron chi connectivity index (χ1n) is 25.5. The Balaban J connectivity index is 0.000000231. The van der Waals surface area contributed by atoms with Gasteiger partial charge in [-0.05, 0) is 184 Å². The Kier molecular flexibility index (Phi) is 19.4. The maximum absolute atomic E-state index is 12.9. The number of nitrogens with two attached hydrogens (primary N) is 6. The van der Waals surface area contributed by atoms with Crippen LogP contribution in [-0.2, 0) is 4.74 Å². The number of hydrogen-bond donors (Lipinski definition) is 6. The Morgan fingerprint density at radius 2 is 1.24 bits per heavy atom. The van der Waals surface area contributed by atoms with Gasteiger partial charge in [-0.15, -0.1) is 0 Å². The Hall–Kier alpha value is -5.79. The van der Waals surface area contributed by atoms with Crippen molar-refractivity contribution < 1.29 is 37.0 Å². The number of carbonyl (C=O) groups excluding carboxylic acids is 2. The summed E-state index contributed by atoms with van der Waals surface area (Å²) in [4.78, 5) is 24.7. The van der Waals surface area contributed by atoms with Crippen LogP contribution in [0.4, 0.5) is 47.3 Å². The lowest BCUT2D eigenvalue weighted by molar-refractivity contribution is -0.130. The SMILES string of the molecule is CC(C)CCCC(C)C1CCC2C3CCC4CC(OC(=O)c5cc(N)cc(N)c5)CCC4(C)C3CCC12C.CC(F)(F)F.CCOc1ccc(N)cc1N.Nc1cc(N)cc(C(=O)Oc2ccccc2)c1. The number of benzene rings is 4. The van der Waals surface area contributed by atoms with Crippen molar-refractivity contribution in [3.05, 3.63) is 96.1 Å². The van der Waals surface area contributed by atoms with E-state index in [0.717, 1.165) is 48.3 Å². The second-order valence-corrected chi connectivity index (χ2v) is 21.5. The molecule has 8 rings (SSSR count). The molecule has 9 atom stereocenters. The minimum Gasteiger partial charge on any atom is -0.492 e. The van der Waals surface area contributed by atoms with E-state index >= 15 is 0 Å². The van der Waals surface area contributed by atoms with E-state index in [2.05, 4.69) is 34.6 Å². The maximum atomic E-state index is 12.9. The molecule has 4 aliphatic carbocycles. The van der Waals surface area contributed by atoms with Gasteiger partial charge in [-0.3, -0.25) is 0 Å². The molecule has 0 bridgehead atoms. The Bertz CT molecular complexity index is 2320. The zero-order valence-electron chi connectivity index (χ0n) is 43.0. The van der Waals surface area contributed by atoms with Crippen LogP contribution in [-0.4, -0.2) is 30.8 Å². The summed E-state index contributed by atoms with van der Waals surface area (Å²) in [5.41, 5.74) is 39.0. The van der Waals surface area contributed by atoms with E-state index in [1.165, 1.54) is 76.3 Å². The molecule has 0 aliphatic heterocycles. The second kappa shape index (κ2) is 24.6. The minimum atomic E-state index is -4.00. The molecule has 390 valence electrons. The third kappa shape index (κ3) is 15.6. The van der Waals surface area contributed by atoms with Crippen molar-refractivity contribution in [1.29, 1.82) is 0 Å². The summed E-state index contributed by atoms with van der Waals surface area (Å²) < 4.78 is 47.5. The topological polar surface area (TPSA) is 218 Å². The van der Waals surface area contributed by atoms with Crippen LogP contribution in [0.15, 0.2) is 84.9 Å². The second-order valence-electron chi connectivity index (χ2n) is 21.5. The van der Waals surface area contributed by atoms with E-state index in [-0.39, 0.29) is 19.0 Å². The van der Waals surface area contributed by atoms with Gasteiger partial charge < -0.3 is 48.6 Å². The third-order valence-electron chi connectivity index (χ3n) is 15.8. The first kappa shape index (κ1) is 56.1. The lowest BCUT2D eigenvalue weighted by atomic mass is 9.44. The lowest BCUT2D eigenvalue weighted by Crippen LogP contribution is -2.54. The average Bonchev–Trinajstić information content (AvgIpc) is 3.64. The minimum absolute atomic E-state index is 0.0104. The summed E-state index contributed by atoms with van der Waals surface area (Å²) in [5.74, 6) is 6.37. The normalized spacial score (nSPS) is 25.7. The van der Waals surface area contributed by atoms with Gasteiger partial charge in [-0.1, -0.05) is 72.1 Å². The highest BCUT2D eigenvalue weighted by Crippen LogP contribution is 2.68. The number of halogens is 3. The lowest BCUT2D eigenvalue weighted by Gasteiger charge is -2.61. The van der Waals surface area contributed by atoms with Gasteiger partial charge in [0.25, 0.3) is 0 Å². The highest BCUT2D eigenvalue weighted by Gasteiger charge is 2.60. The molecular formula is C57H81F3N6O5. The highest BCUT2D eigenvalue weighted by atomic mass is 19.4. The molecule has 0 saturated heterocycles. The average molecular weight is 987 g/mol. The molecule has 4 aromatic rings. The van der Waals surface area contributed by atoms with Crippen molar-refractivity contribution in [2.75, 3.05) is 41.0 Å². The van der Waals surface area contributed by atoms with E-state index in [1.807, 2.05) is 13.0 Å². The summed E-state index contributed by atoms with van der Waals surface area (Å²) in [7, 11) is 0. The fourth-order valence-corrected chi connectivity index (χ4v) is 12.7. The van der Waals surface area contributed by atoms with Crippen LogP contribution in [0.25, 0.3) is 0 Å². The predicted octanol–water partition coefficient (Wildman–Crippen LogP) is 13.4. The van der Waals surface area contributed by atoms with Gasteiger partial charge in [0.2, 0.25) is 0 Å². The number of hydrogen-bond acceptors (Lipinski definition) is 11. The molecule has 4 fully saturated rings. The van der Waals surface area contributed by atoms with Crippen LogP contribution in [0.2, 0.25) is 0 Å². The number of carbonyl (C=O) groups is 2. The van der Waals surface area contributed by atoms with Gasteiger partial charge in [0.1, 0.15) is 17.6 Å². The van der Waals surface area contributed by atoms with E-state index in [1.54, 1.807) is 66.7 Å². The molecule has 0 heterocycles. The van der Waals surface area contributed by atoms with Crippen LogP contribution in [0.5, 0.6) is 11.5 Å². The van der Waals surface area contributed by atoms with Gasteiger partial charge in [0.15, 0.2) is 0 Å². The molecule has 9 unspecified atom stereocenters. The monoisotopic (exact) mass is 987 g/mol. The van der Waals surface area contributed by atoms with E-state index in [0.29, 0.717) is 80.1 Å². The molecule has 4 aromatic carbocycles. The van der Waals surface area contributed by atoms with E-state index in [4.69, 9.17) is 48.6 Å². The number of anilines is 6. The predicted molar refractivity (Wildman–Crippen MR) is 282 cm³/mol. The Labute approximate surface area is 420 Å².